The summed E-state index contributed by atoms with van der Waals surface area (Å²) < 4.78 is 0. The second-order valence-corrected chi connectivity index (χ2v) is 6.79. The molecule has 5 nitrogen and oxygen atoms in total. The molecule has 0 heterocycles. The maximum atomic E-state index is 12.2. The van der Waals surface area contributed by atoms with Crippen LogP contribution in [0.25, 0.3) is 0 Å². The molecule has 0 bridgehead atoms. The molecule has 2 rings (SSSR count). The molecule has 0 atom stereocenters. The van der Waals surface area contributed by atoms with Crippen molar-refractivity contribution < 1.29 is 9.90 Å². The molecule has 2 N–H and O–H groups in total. The highest BCUT2D eigenvalue weighted by Crippen LogP contribution is 2.27. The monoisotopic (exact) mass is 329 g/mol. The molecule has 0 saturated heterocycles. The number of nitrogens with one attached hydrogen (secondary N) is 1. The van der Waals surface area contributed by atoms with Crippen molar-refractivity contribution in [1.29, 1.82) is 5.26 Å². The Labute approximate surface area is 144 Å². The number of carbonyl (C=O) groups is 1. The van der Waals surface area contributed by atoms with Gasteiger partial charge in [0, 0.05) is 13.6 Å². The molecular weight excluding hydrogens is 302 g/mol. The Bertz CT molecular complexity index is 587. The first-order valence-corrected chi connectivity index (χ1v) is 8.73. The molecule has 1 aromatic rings. The van der Waals surface area contributed by atoms with Gasteiger partial charge >= 0.3 is 6.03 Å². The largest absolute Gasteiger partial charge is 0.388 e. The number of urea groups is 1. The zero-order chi connectivity index (χ0) is 17.4. The Morgan fingerprint density at radius 1 is 1.33 bits per heavy atom. The predicted molar refractivity (Wildman–Crippen MR) is 93.5 cm³/mol. The molecular formula is C19H27N3O2. The number of benzene rings is 1. The number of carbonyl (C=O) groups excluding carboxylic acids is 1. The van der Waals surface area contributed by atoms with E-state index in [1.807, 2.05) is 18.2 Å². The summed E-state index contributed by atoms with van der Waals surface area (Å²) in [5.41, 5.74) is 0.912. The number of aliphatic hydroxyl groups is 1. The molecule has 1 aliphatic rings. The first kappa shape index (κ1) is 18.3. The maximum Gasteiger partial charge on any atom is 0.317 e. The van der Waals surface area contributed by atoms with Crippen molar-refractivity contribution in [3.63, 3.8) is 0 Å². The Balaban J connectivity index is 1.78. The van der Waals surface area contributed by atoms with Crippen molar-refractivity contribution in [2.24, 2.45) is 0 Å². The van der Waals surface area contributed by atoms with E-state index in [-0.39, 0.29) is 6.03 Å². The van der Waals surface area contributed by atoms with Gasteiger partial charge in [-0.2, -0.15) is 5.26 Å². The fourth-order valence-electron chi connectivity index (χ4n) is 3.30. The van der Waals surface area contributed by atoms with Crippen molar-refractivity contribution in [1.82, 2.24) is 10.2 Å². The van der Waals surface area contributed by atoms with E-state index in [0.29, 0.717) is 25.1 Å². The van der Waals surface area contributed by atoms with Crippen LogP contribution in [0.5, 0.6) is 0 Å². The first-order chi connectivity index (χ1) is 11.5. The van der Waals surface area contributed by atoms with Crippen molar-refractivity contribution in [3.05, 3.63) is 35.4 Å². The molecule has 0 unspecified atom stereocenters. The van der Waals surface area contributed by atoms with Gasteiger partial charge in [0.15, 0.2) is 0 Å². The number of nitrogens with zero attached hydrogens (tertiary/aromatic N) is 2. The number of amides is 2. The Kier molecular flexibility index (Phi) is 6.62. The molecule has 0 spiro atoms. The molecule has 24 heavy (non-hydrogen) atoms. The lowest BCUT2D eigenvalue weighted by atomic mass is 9.94. The van der Waals surface area contributed by atoms with Crippen molar-refractivity contribution >= 4 is 6.03 Å². The third-order valence-corrected chi connectivity index (χ3v) is 4.66. The standard InChI is InChI=1S/C19H27N3O2/c1-22(15-19(24)10-4-2-3-5-11-19)18(23)21-12-9-16-7-6-8-17(13-16)14-20/h6-8,13,24H,2-5,9-12,15H2,1H3,(H,21,23). The van der Waals surface area contributed by atoms with Gasteiger partial charge in [0.25, 0.3) is 0 Å². The molecule has 0 aromatic heterocycles. The van der Waals surface area contributed by atoms with Gasteiger partial charge in [0.05, 0.1) is 23.8 Å². The average molecular weight is 329 g/mol. The highest BCUT2D eigenvalue weighted by atomic mass is 16.3. The topological polar surface area (TPSA) is 76.4 Å². The van der Waals surface area contributed by atoms with E-state index in [2.05, 4.69) is 11.4 Å². The van der Waals surface area contributed by atoms with Crippen LogP contribution in [0.4, 0.5) is 4.79 Å². The van der Waals surface area contributed by atoms with Crippen LogP contribution in [0, 0.1) is 11.3 Å². The third-order valence-electron chi connectivity index (χ3n) is 4.66. The van der Waals surface area contributed by atoms with Gasteiger partial charge in [-0.25, -0.2) is 4.79 Å². The number of hydrogen-bond donors (Lipinski definition) is 2. The molecule has 1 fully saturated rings. The van der Waals surface area contributed by atoms with Crippen molar-refractivity contribution in [2.75, 3.05) is 20.1 Å². The Hall–Kier alpha value is -2.06. The minimum atomic E-state index is -0.746. The van der Waals surface area contributed by atoms with Gasteiger partial charge in [-0.05, 0) is 37.0 Å². The van der Waals surface area contributed by atoms with Gasteiger partial charge in [-0.15, -0.1) is 0 Å². The zero-order valence-corrected chi connectivity index (χ0v) is 14.4. The number of nitriles is 1. The Morgan fingerprint density at radius 2 is 2.04 bits per heavy atom. The summed E-state index contributed by atoms with van der Waals surface area (Å²) in [4.78, 5) is 13.8. The Morgan fingerprint density at radius 3 is 2.71 bits per heavy atom. The van der Waals surface area contributed by atoms with Crippen LogP contribution in [-0.2, 0) is 6.42 Å². The average Bonchev–Trinajstić information content (AvgIpc) is 2.79. The minimum Gasteiger partial charge on any atom is -0.388 e. The quantitative estimate of drug-likeness (QED) is 0.816. The smallest absolute Gasteiger partial charge is 0.317 e. The second kappa shape index (κ2) is 8.70. The summed E-state index contributed by atoms with van der Waals surface area (Å²) in [6.07, 6.45) is 6.61. The lowest BCUT2D eigenvalue weighted by Gasteiger charge is -2.31. The number of hydrogen-bond acceptors (Lipinski definition) is 3. The highest BCUT2D eigenvalue weighted by molar-refractivity contribution is 5.73. The summed E-state index contributed by atoms with van der Waals surface area (Å²) in [5.74, 6) is 0. The molecule has 1 aliphatic carbocycles. The van der Waals surface area contributed by atoms with Crippen molar-refractivity contribution in [3.8, 4) is 6.07 Å². The summed E-state index contributed by atoms with van der Waals surface area (Å²) in [7, 11) is 1.73. The van der Waals surface area contributed by atoms with E-state index < -0.39 is 5.60 Å². The number of likely N-dealkylation sites (N-methyl/N-ethyl adjacent to an activating group) is 1. The van der Waals surface area contributed by atoms with Crippen LogP contribution in [0.1, 0.15) is 49.7 Å². The summed E-state index contributed by atoms with van der Waals surface area (Å²) in [6.45, 7) is 0.888. The van der Waals surface area contributed by atoms with Crippen LogP contribution in [0.2, 0.25) is 0 Å². The van der Waals surface area contributed by atoms with E-state index in [0.717, 1.165) is 31.2 Å². The van der Waals surface area contributed by atoms with E-state index in [1.165, 1.54) is 12.8 Å². The van der Waals surface area contributed by atoms with E-state index in [4.69, 9.17) is 5.26 Å². The molecule has 0 aliphatic heterocycles. The predicted octanol–water partition coefficient (Wildman–Crippen LogP) is 2.83. The van der Waals surface area contributed by atoms with Gasteiger partial charge in [0.2, 0.25) is 0 Å². The lowest BCUT2D eigenvalue weighted by Crippen LogP contribution is -2.47. The molecule has 1 saturated carbocycles. The van der Waals surface area contributed by atoms with Gasteiger partial charge in [0.1, 0.15) is 0 Å². The highest BCUT2D eigenvalue weighted by Gasteiger charge is 2.30. The van der Waals surface area contributed by atoms with E-state index in [1.54, 1.807) is 18.0 Å². The summed E-state index contributed by atoms with van der Waals surface area (Å²) in [6, 6.07) is 9.36. The second-order valence-electron chi connectivity index (χ2n) is 6.79. The zero-order valence-electron chi connectivity index (χ0n) is 14.4. The molecule has 1 aromatic carbocycles. The normalized spacial score (nSPS) is 16.7. The van der Waals surface area contributed by atoms with Gasteiger partial charge < -0.3 is 15.3 Å². The molecule has 5 heteroatoms. The fourth-order valence-corrected chi connectivity index (χ4v) is 3.30. The van der Waals surface area contributed by atoms with E-state index >= 15 is 0 Å². The van der Waals surface area contributed by atoms with E-state index in [9.17, 15) is 9.90 Å². The minimum absolute atomic E-state index is 0.163. The third kappa shape index (κ3) is 5.54. The van der Waals surface area contributed by atoms with Gasteiger partial charge in [-0.1, -0.05) is 37.8 Å². The van der Waals surface area contributed by atoms with Crippen LogP contribution >= 0.6 is 0 Å². The fraction of sp³-hybridized carbons (Fsp3) is 0.579. The molecule has 2 amide bonds. The van der Waals surface area contributed by atoms with Crippen molar-refractivity contribution in [2.45, 2.75) is 50.5 Å². The first-order valence-electron chi connectivity index (χ1n) is 8.73. The number of rotatable bonds is 5. The summed E-state index contributed by atoms with van der Waals surface area (Å²) in [5, 5.41) is 22.5. The SMILES string of the molecule is CN(CC1(O)CCCCCC1)C(=O)NCCc1cccc(C#N)c1. The van der Waals surface area contributed by atoms with Crippen LogP contribution < -0.4 is 5.32 Å². The van der Waals surface area contributed by atoms with Crippen LogP contribution in [0.15, 0.2) is 24.3 Å². The van der Waals surface area contributed by atoms with Crippen LogP contribution in [0.3, 0.4) is 0 Å². The van der Waals surface area contributed by atoms with Crippen LogP contribution in [-0.4, -0.2) is 41.8 Å². The lowest BCUT2D eigenvalue weighted by molar-refractivity contribution is 0.00466. The summed E-state index contributed by atoms with van der Waals surface area (Å²) >= 11 is 0. The molecule has 0 radical (unpaired) electrons. The van der Waals surface area contributed by atoms with Gasteiger partial charge in [-0.3, -0.25) is 0 Å². The maximum absolute atomic E-state index is 12.2. The molecule has 130 valence electrons.